The molecule has 2 amide bonds. The third kappa shape index (κ3) is 4.31. The van der Waals surface area contributed by atoms with Crippen LogP contribution in [0.4, 0.5) is 5.69 Å². The molecular formula is C21H23N3O4. The molecule has 0 saturated heterocycles. The molecule has 1 heterocycles. The number of rotatable bonds is 5. The monoisotopic (exact) mass is 381 g/mol. The van der Waals surface area contributed by atoms with Crippen LogP contribution in [0.25, 0.3) is 0 Å². The van der Waals surface area contributed by atoms with Gasteiger partial charge in [-0.1, -0.05) is 6.07 Å². The van der Waals surface area contributed by atoms with Gasteiger partial charge in [0.25, 0.3) is 5.91 Å². The number of hydrazone groups is 1. The van der Waals surface area contributed by atoms with E-state index >= 15 is 0 Å². The van der Waals surface area contributed by atoms with Crippen molar-refractivity contribution in [3.05, 3.63) is 53.6 Å². The molecule has 0 atom stereocenters. The molecule has 0 radical (unpaired) electrons. The number of nitrogens with one attached hydrogen (secondary N) is 1. The largest absolute Gasteiger partial charge is 0.493 e. The van der Waals surface area contributed by atoms with E-state index in [2.05, 4.69) is 10.4 Å². The van der Waals surface area contributed by atoms with Crippen LogP contribution in [-0.2, 0) is 4.79 Å². The molecule has 7 heteroatoms. The Morgan fingerprint density at radius 2 is 1.86 bits per heavy atom. The van der Waals surface area contributed by atoms with Gasteiger partial charge < -0.3 is 14.8 Å². The van der Waals surface area contributed by atoms with Gasteiger partial charge in [0.05, 0.1) is 19.9 Å². The van der Waals surface area contributed by atoms with Crippen LogP contribution >= 0.6 is 0 Å². The minimum atomic E-state index is -0.204. The van der Waals surface area contributed by atoms with Crippen LogP contribution in [0.1, 0.15) is 35.7 Å². The van der Waals surface area contributed by atoms with Crippen molar-refractivity contribution < 1.29 is 19.1 Å². The van der Waals surface area contributed by atoms with Crippen LogP contribution in [0.3, 0.4) is 0 Å². The highest BCUT2D eigenvalue weighted by Gasteiger charge is 2.21. The first-order chi connectivity index (χ1) is 13.5. The van der Waals surface area contributed by atoms with Crippen molar-refractivity contribution in [3.8, 4) is 11.5 Å². The van der Waals surface area contributed by atoms with E-state index in [9.17, 15) is 9.59 Å². The van der Waals surface area contributed by atoms with Crippen LogP contribution in [-0.4, -0.2) is 43.3 Å². The number of hydrogen-bond donors (Lipinski definition) is 1. The third-order valence-corrected chi connectivity index (χ3v) is 4.41. The normalized spacial score (nSPS) is 13.5. The lowest BCUT2D eigenvalue weighted by Crippen LogP contribution is -2.32. The van der Waals surface area contributed by atoms with E-state index in [-0.39, 0.29) is 11.8 Å². The van der Waals surface area contributed by atoms with Crippen LogP contribution < -0.4 is 14.8 Å². The van der Waals surface area contributed by atoms with E-state index < -0.39 is 0 Å². The lowest BCUT2D eigenvalue weighted by molar-refractivity contribution is -0.114. The number of methoxy groups -OCH3 is 2. The lowest BCUT2D eigenvalue weighted by atomic mass is 10.0. The summed E-state index contributed by atoms with van der Waals surface area (Å²) in [6.07, 6.45) is 1.58. The molecule has 0 fully saturated rings. The predicted molar refractivity (Wildman–Crippen MR) is 107 cm³/mol. The number of ether oxygens (including phenoxy) is 2. The van der Waals surface area contributed by atoms with E-state index in [1.165, 1.54) is 11.9 Å². The Hall–Kier alpha value is -3.35. The number of amides is 2. The lowest BCUT2D eigenvalue weighted by Gasteiger charge is -2.24. The maximum absolute atomic E-state index is 12.9. The van der Waals surface area contributed by atoms with Gasteiger partial charge in [0.1, 0.15) is 0 Å². The molecule has 28 heavy (non-hydrogen) atoms. The predicted octanol–water partition coefficient (Wildman–Crippen LogP) is 3.30. The highest BCUT2D eigenvalue weighted by atomic mass is 16.5. The van der Waals surface area contributed by atoms with Gasteiger partial charge in [-0.2, -0.15) is 5.10 Å². The van der Waals surface area contributed by atoms with E-state index in [0.717, 1.165) is 24.1 Å². The van der Waals surface area contributed by atoms with Crippen molar-refractivity contribution in [3.63, 3.8) is 0 Å². The minimum absolute atomic E-state index is 0.184. The molecule has 0 saturated carbocycles. The summed E-state index contributed by atoms with van der Waals surface area (Å²) in [5.74, 6) is 0.876. The van der Waals surface area contributed by atoms with Crippen LogP contribution in [0.15, 0.2) is 47.6 Å². The summed E-state index contributed by atoms with van der Waals surface area (Å²) in [7, 11) is 3.17. The minimum Gasteiger partial charge on any atom is -0.493 e. The van der Waals surface area contributed by atoms with Gasteiger partial charge in [-0.3, -0.25) is 9.59 Å². The standard InChI is InChI=1S/C21H23N3O4/c1-14(25)22-17-7-4-6-16(12-17)21(26)24-11-5-8-18(23-24)15-9-10-19(27-2)20(13-15)28-3/h4,6-7,9-10,12-13H,5,8,11H2,1-3H3,(H,22,25). The van der Waals surface area contributed by atoms with Gasteiger partial charge in [-0.15, -0.1) is 0 Å². The second kappa shape index (κ2) is 8.56. The van der Waals surface area contributed by atoms with Gasteiger partial charge in [0.15, 0.2) is 11.5 Å². The average Bonchev–Trinajstić information content (AvgIpc) is 2.72. The fourth-order valence-corrected chi connectivity index (χ4v) is 3.09. The quantitative estimate of drug-likeness (QED) is 0.862. The molecule has 2 aromatic rings. The van der Waals surface area contributed by atoms with E-state index in [1.54, 1.807) is 38.5 Å². The molecule has 1 aliphatic rings. The summed E-state index contributed by atoms with van der Waals surface area (Å²) < 4.78 is 10.6. The van der Waals surface area contributed by atoms with Gasteiger partial charge in [0, 0.05) is 30.3 Å². The Labute approximate surface area is 163 Å². The maximum atomic E-state index is 12.9. The second-order valence-corrected chi connectivity index (χ2v) is 6.41. The first-order valence-electron chi connectivity index (χ1n) is 9.01. The molecular weight excluding hydrogens is 358 g/mol. The summed E-state index contributed by atoms with van der Waals surface area (Å²) >= 11 is 0. The number of carbonyl (C=O) groups excluding carboxylic acids is 2. The van der Waals surface area contributed by atoms with Crippen molar-refractivity contribution >= 4 is 23.2 Å². The fraction of sp³-hybridized carbons (Fsp3) is 0.286. The smallest absolute Gasteiger partial charge is 0.274 e. The van der Waals surface area contributed by atoms with Crippen LogP contribution in [0.5, 0.6) is 11.5 Å². The van der Waals surface area contributed by atoms with E-state index in [1.807, 2.05) is 18.2 Å². The zero-order chi connectivity index (χ0) is 20.1. The van der Waals surface area contributed by atoms with E-state index in [0.29, 0.717) is 29.3 Å². The zero-order valence-electron chi connectivity index (χ0n) is 16.2. The first kappa shape index (κ1) is 19.4. The Bertz CT molecular complexity index is 924. The molecule has 3 rings (SSSR count). The number of carbonyl (C=O) groups is 2. The zero-order valence-corrected chi connectivity index (χ0v) is 16.2. The van der Waals surface area contributed by atoms with E-state index in [4.69, 9.17) is 9.47 Å². The highest BCUT2D eigenvalue weighted by molar-refractivity contribution is 6.03. The molecule has 0 unspecified atom stereocenters. The Kier molecular flexibility index (Phi) is 5.93. The summed E-state index contributed by atoms with van der Waals surface area (Å²) in [5.41, 5.74) is 2.77. The SMILES string of the molecule is COc1ccc(C2=NN(C(=O)c3cccc(NC(C)=O)c3)CCC2)cc1OC. The molecule has 1 aliphatic heterocycles. The molecule has 1 N–H and O–H groups in total. The molecule has 7 nitrogen and oxygen atoms in total. The fourth-order valence-electron chi connectivity index (χ4n) is 3.09. The number of nitrogens with zero attached hydrogens (tertiary/aromatic N) is 2. The van der Waals surface area contributed by atoms with Gasteiger partial charge in [-0.25, -0.2) is 5.01 Å². The second-order valence-electron chi connectivity index (χ2n) is 6.41. The van der Waals surface area contributed by atoms with Gasteiger partial charge in [0.2, 0.25) is 5.91 Å². The van der Waals surface area contributed by atoms with Gasteiger partial charge >= 0.3 is 0 Å². The number of benzene rings is 2. The Morgan fingerprint density at radius 3 is 2.57 bits per heavy atom. The Morgan fingerprint density at radius 1 is 1.07 bits per heavy atom. The van der Waals surface area contributed by atoms with Crippen LogP contribution in [0, 0.1) is 0 Å². The van der Waals surface area contributed by atoms with Crippen molar-refractivity contribution in [2.45, 2.75) is 19.8 Å². The first-order valence-corrected chi connectivity index (χ1v) is 9.01. The molecule has 0 bridgehead atoms. The number of anilines is 1. The number of hydrogen-bond acceptors (Lipinski definition) is 5. The summed E-state index contributed by atoms with van der Waals surface area (Å²) in [6, 6.07) is 12.5. The molecule has 0 aromatic heterocycles. The summed E-state index contributed by atoms with van der Waals surface area (Å²) in [6.45, 7) is 1.97. The molecule has 0 aliphatic carbocycles. The Balaban J connectivity index is 1.86. The van der Waals surface area contributed by atoms with Crippen molar-refractivity contribution in [2.75, 3.05) is 26.1 Å². The molecule has 146 valence electrons. The van der Waals surface area contributed by atoms with Crippen LogP contribution in [0.2, 0.25) is 0 Å². The maximum Gasteiger partial charge on any atom is 0.274 e. The van der Waals surface area contributed by atoms with Crippen molar-refractivity contribution in [1.29, 1.82) is 0 Å². The summed E-state index contributed by atoms with van der Waals surface area (Å²) in [4.78, 5) is 24.1. The molecule has 2 aromatic carbocycles. The summed E-state index contributed by atoms with van der Waals surface area (Å²) in [5, 5.41) is 8.73. The third-order valence-electron chi connectivity index (χ3n) is 4.41. The van der Waals surface area contributed by atoms with Crippen molar-refractivity contribution in [1.82, 2.24) is 5.01 Å². The average molecular weight is 381 g/mol. The van der Waals surface area contributed by atoms with Gasteiger partial charge in [-0.05, 0) is 49.2 Å². The highest BCUT2D eigenvalue weighted by Crippen LogP contribution is 2.29. The topological polar surface area (TPSA) is 80.2 Å². The van der Waals surface area contributed by atoms with Crippen molar-refractivity contribution in [2.24, 2.45) is 5.10 Å². The molecule has 0 spiro atoms.